The first-order valence-corrected chi connectivity index (χ1v) is 7.30. The molecular formula is C17H19N3O2. The Balaban J connectivity index is 2.53. The zero-order chi connectivity index (χ0) is 16.1. The minimum absolute atomic E-state index is 0.104. The summed E-state index contributed by atoms with van der Waals surface area (Å²) in [7, 11) is 0. The molecule has 22 heavy (non-hydrogen) atoms. The second-order valence-corrected chi connectivity index (χ2v) is 5.40. The summed E-state index contributed by atoms with van der Waals surface area (Å²) in [6.07, 6.45) is 0. The topological polar surface area (TPSA) is 67.9 Å². The van der Waals surface area contributed by atoms with Gasteiger partial charge in [-0.15, -0.1) is 0 Å². The van der Waals surface area contributed by atoms with E-state index < -0.39 is 0 Å². The fraction of sp³-hybridized carbons (Fsp3) is 0.353. The molecule has 0 aliphatic carbocycles. The van der Waals surface area contributed by atoms with Crippen LogP contribution in [0, 0.1) is 17.2 Å². The number of hydrogen-bond acceptors (Lipinski definition) is 4. The summed E-state index contributed by atoms with van der Waals surface area (Å²) >= 11 is 0. The van der Waals surface area contributed by atoms with Crippen LogP contribution in [0.5, 0.6) is 5.75 Å². The molecule has 1 heterocycles. The maximum Gasteiger partial charge on any atom is 0.284 e. The summed E-state index contributed by atoms with van der Waals surface area (Å²) < 4.78 is 6.85. The largest absolute Gasteiger partial charge is 0.494 e. The summed E-state index contributed by atoms with van der Waals surface area (Å²) in [5, 5.41) is 13.6. The molecule has 1 aromatic carbocycles. The van der Waals surface area contributed by atoms with Gasteiger partial charge in [-0.05, 0) is 31.0 Å². The molecule has 114 valence electrons. The molecule has 0 bridgehead atoms. The summed E-state index contributed by atoms with van der Waals surface area (Å²) in [6.45, 7) is 6.98. The van der Waals surface area contributed by atoms with Gasteiger partial charge in [-0.3, -0.25) is 4.79 Å². The van der Waals surface area contributed by atoms with Crippen molar-refractivity contribution in [3.05, 3.63) is 46.2 Å². The number of hydrogen-bond donors (Lipinski definition) is 0. The van der Waals surface area contributed by atoms with Crippen molar-refractivity contribution >= 4 is 0 Å². The van der Waals surface area contributed by atoms with Gasteiger partial charge in [0.05, 0.1) is 12.3 Å². The predicted molar refractivity (Wildman–Crippen MR) is 84.7 cm³/mol. The lowest BCUT2D eigenvalue weighted by atomic mass is 10.1. The van der Waals surface area contributed by atoms with Crippen LogP contribution in [-0.4, -0.2) is 16.4 Å². The minimum Gasteiger partial charge on any atom is -0.494 e. The molecule has 0 amide bonds. The Morgan fingerprint density at radius 2 is 2.14 bits per heavy atom. The van der Waals surface area contributed by atoms with Crippen LogP contribution in [0.4, 0.5) is 0 Å². The van der Waals surface area contributed by atoms with E-state index in [-0.39, 0.29) is 17.0 Å². The summed E-state index contributed by atoms with van der Waals surface area (Å²) in [5.41, 5.74) is 1.17. The van der Waals surface area contributed by atoms with Crippen molar-refractivity contribution in [1.82, 2.24) is 9.78 Å². The van der Waals surface area contributed by atoms with Gasteiger partial charge in [0.1, 0.15) is 17.4 Å². The summed E-state index contributed by atoms with van der Waals surface area (Å²) in [5.74, 6) is 1.00. The molecular weight excluding hydrogens is 278 g/mol. The third-order valence-corrected chi connectivity index (χ3v) is 3.07. The number of nitrogens with zero attached hydrogens (tertiary/aromatic N) is 3. The van der Waals surface area contributed by atoms with E-state index in [2.05, 4.69) is 5.10 Å². The molecule has 0 spiro atoms. The SMILES string of the molecule is CCOc1cccc(-c2cc(C#N)c(=O)n(CC(C)C)n2)c1. The average Bonchev–Trinajstić information content (AvgIpc) is 2.49. The Morgan fingerprint density at radius 1 is 1.36 bits per heavy atom. The summed E-state index contributed by atoms with van der Waals surface area (Å²) in [4.78, 5) is 12.1. The van der Waals surface area contributed by atoms with Gasteiger partial charge in [0.15, 0.2) is 0 Å². The molecule has 1 aromatic heterocycles. The molecule has 0 atom stereocenters. The third-order valence-electron chi connectivity index (χ3n) is 3.07. The van der Waals surface area contributed by atoms with Gasteiger partial charge in [0.25, 0.3) is 5.56 Å². The number of rotatable bonds is 5. The van der Waals surface area contributed by atoms with Gasteiger partial charge in [-0.1, -0.05) is 26.0 Å². The Kier molecular flexibility index (Phi) is 4.95. The van der Waals surface area contributed by atoms with Crippen molar-refractivity contribution in [3.8, 4) is 23.1 Å². The third kappa shape index (κ3) is 3.53. The monoisotopic (exact) mass is 297 g/mol. The van der Waals surface area contributed by atoms with Crippen LogP contribution in [0.15, 0.2) is 35.1 Å². The lowest BCUT2D eigenvalue weighted by molar-refractivity contribution is 0.340. The van der Waals surface area contributed by atoms with Crippen LogP contribution in [0.2, 0.25) is 0 Å². The second kappa shape index (κ2) is 6.90. The van der Waals surface area contributed by atoms with Gasteiger partial charge >= 0.3 is 0 Å². The van der Waals surface area contributed by atoms with Gasteiger partial charge in [0.2, 0.25) is 0 Å². The van der Waals surface area contributed by atoms with E-state index in [1.807, 2.05) is 51.1 Å². The molecule has 0 aliphatic rings. The van der Waals surface area contributed by atoms with E-state index in [0.717, 1.165) is 11.3 Å². The molecule has 0 radical (unpaired) electrons. The van der Waals surface area contributed by atoms with Gasteiger partial charge < -0.3 is 4.74 Å². The van der Waals surface area contributed by atoms with Crippen LogP contribution >= 0.6 is 0 Å². The number of nitriles is 1. The molecule has 5 heteroatoms. The molecule has 0 N–H and O–H groups in total. The molecule has 0 aliphatic heterocycles. The highest BCUT2D eigenvalue weighted by molar-refractivity contribution is 5.62. The van der Waals surface area contributed by atoms with Crippen molar-refractivity contribution in [1.29, 1.82) is 5.26 Å². The highest BCUT2D eigenvalue weighted by Gasteiger charge is 2.11. The first kappa shape index (κ1) is 15.8. The lowest BCUT2D eigenvalue weighted by Gasteiger charge is -2.11. The Hall–Kier alpha value is -2.61. The molecule has 0 saturated heterocycles. The van der Waals surface area contributed by atoms with Crippen molar-refractivity contribution < 1.29 is 4.74 Å². The Morgan fingerprint density at radius 3 is 2.77 bits per heavy atom. The lowest BCUT2D eigenvalue weighted by Crippen LogP contribution is -2.27. The maximum absolute atomic E-state index is 12.1. The minimum atomic E-state index is -0.346. The van der Waals surface area contributed by atoms with Gasteiger partial charge in [-0.25, -0.2) is 4.68 Å². The fourth-order valence-electron chi connectivity index (χ4n) is 2.14. The average molecular weight is 297 g/mol. The smallest absolute Gasteiger partial charge is 0.284 e. The number of ether oxygens (including phenoxy) is 1. The van der Waals surface area contributed by atoms with E-state index in [1.54, 1.807) is 0 Å². The highest BCUT2D eigenvalue weighted by Crippen LogP contribution is 2.22. The predicted octanol–water partition coefficient (Wildman–Crippen LogP) is 2.84. The van der Waals surface area contributed by atoms with Crippen LogP contribution in [-0.2, 0) is 6.54 Å². The van der Waals surface area contributed by atoms with E-state index in [0.29, 0.717) is 18.8 Å². The first-order valence-electron chi connectivity index (χ1n) is 7.30. The standard InChI is InChI=1S/C17H19N3O2/c1-4-22-15-7-5-6-13(8-15)16-9-14(10-18)17(21)20(19-16)11-12(2)3/h5-9,12H,4,11H2,1-3H3. The summed E-state index contributed by atoms with van der Waals surface area (Å²) in [6, 6.07) is 11.0. The van der Waals surface area contributed by atoms with Crippen LogP contribution in [0.1, 0.15) is 26.3 Å². The Bertz CT molecular complexity index is 757. The zero-order valence-electron chi connectivity index (χ0n) is 13.0. The molecule has 0 fully saturated rings. The number of benzene rings is 1. The van der Waals surface area contributed by atoms with Crippen LogP contribution in [0.25, 0.3) is 11.3 Å². The van der Waals surface area contributed by atoms with E-state index in [9.17, 15) is 10.1 Å². The Labute approximate surface area is 129 Å². The zero-order valence-corrected chi connectivity index (χ0v) is 13.0. The van der Waals surface area contributed by atoms with E-state index >= 15 is 0 Å². The molecule has 2 rings (SSSR count). The first-order chi connectivity index (χ1) is 10.5. The number of aromatic nitrogens is 2. The quantitative estimate of drug-likeness (QED) is 0.851. The second-order valence-electron chi connectivity index (χ2n) is 5.40. The molecule has 0 saturated carbocycles. The van der Waals surface area contributed by atoms with Gasteiger partial charge in [0, 0.05) is 12.1 Å². The normalized spacial score (nSPS) is 10.5. The molecule has 0 unspecified atom stereocenters. The molecule has 5 nitrogen and oxygen atoms in total. The van der Waals surface area contributed by atoms with Gasteiger partial charge in [-0.2, -0.15) is 10.4 Å². The van der Waals surface area contributed by atoms with Crippen LogP contribution < -0.4 is 10.3 Å². The van der Waals surface area contributed by atoms with Crippen LogP contribution in [0.3, 0.4) is 0 Å². The van der Waals surface area contributed by atoms with Crippen molar-refractivity contribution in [2.24, 2.45) is 5.92 Å². The fourth-order valence-corrected chi connectivity index (χ4v) is 2.14. The maximum atomic E-state index is 12.1. The van der Waals surface area contributed by atoms with Crippen molar-refractivity contribution in [2.75, 3.05) is 6.61 Å². The molecule has 2 aromatic rings. The van der Waals surface area contributed by atoms with E-state index in [1.165, 1.54) is 10.7 Å². The van der Waals surface area contributed by atoms with Crippen molar-refractivity contribution in [2.45, 2.75) is 27.3 Å². The van der Waals surface area contributed by atoms with Crippen molar-refractivity contribution in [3.63, 3.8) is 0 Å². The van der Waals surface area contributed by atoms with E-state index in [4.69, 9.17) is 4.74 Å². The highest BCUT2D eigenvalue weighted by atomic mass is 16.5.